The van der Waals surface area contributed by atoms with Crippen molar-refractivity contribution in [2.24, 2.45) is 0 Å². The molecule has 0 aromatic carbocycles. The molecule has 0 radical (unpaired) electrons. The van der Waals surface area contributed by atoms with Gasteiger partial charge in [0.05, 0.1) is 5.56 Å². The number of amides is 3. The zero-order valence-corrected chi connectivity index (χ0v) is 13.7. The van der Waals surface area contributed by atoms with Crippen molar-refractivity contribution in [3.05, 3.63) is 30.1 Å². The molecule has 0 unspecified atom stereocenters. The van der Waals surface area contributed by atoms with Crippen molar-refractivity contribution in [1.82, 2.24) is 20.9 Å². The highest BCUT2D eigenvalue weighted by atomic mass is 16.2. The summed E-state index contributed by atoms with van der Waals surface area (Å²) in [4.78, 5) is 39.0. The van der Waals surface area contributed by atoms with Gasteiger partial charge in [-0.3, -0.25) is 19.4 Å². The van der Waals surface area contributed by atoms with Crippen LogP contribution in [0.1, 0.15) is 48.9 Å². The number of rotatable bonds is 8. The lowest BCUT2D eigenvalue weighted by atomic mass is 10.2. The zero-order valence-electron chi connectivity index (χ0n) is 13.7. The molecule has 2 rings (SSSR count). The highest BCUT2D eigenvalue weighted by Crippen LogP contribution is 2.17. The second kappa shape index (κ2) is 9.64. The van der Waals surface area contributed by atoms with Gasteiger partial charge in [-0.25, -0.2) is 0 Å². The summed E-state index contributed by atoms with van der Waals surface area (Å²) in [5.74, 6) is -0.484. The van der Waals surface area contributed by atoms with E-state index in [0.29, 0.717) is 18.7 Å². The third-order valence-corrected chi connectivity index (χ3v) is 3.96. The highest BCUT2D eigenvalue weighted by molar-refractivity contribution is 5.93. The number of hydrogen-bond donors (Lipinski definition) is 3. The van der Waals surface area contributed by atoms with Crippen LogP contribution in [0.5, 0.6) is 0 Å². The first-order chi connectivity index (χ1) is 11.6. The van der Waals surface area contributed by atoms with E-state index < -0.39 is 0 Å². The summed E-state index contributed by atoms with van der Waals surface area (Å²) in [6.45, 7) is 0.656. The van der Waals surface area contributed by atoms with Crippen molar-refractivity contribution in [1.29, 1.82) is 0 Å². The largest absolute Gasteiger partial charge is 0.354 e. The highest BCUT2D eigenvalue weighted by Gasteiger charge is 2.17. The maximum atomic E-state index is 11.8. The molecule has 1 saturated carbocycles. The second-order valence-corrected chi connectivity index (χ2v) is 5.90. The molecule has 0 spiro atoms. The molecule has 1 aromatic rings. The Labute approximate surface area is 141 Å². The van der Waals surface area contributed by atoms with E-state index in [1.54, 1.807) is 18.3 Å². The number of carbonyl (C=O) groups excluding carboxylic acids is 3. The third kappa shape index (κ3) is 6.36. The van der Waals surface area contributed by atoms with Crippen LogP contribution in [0.3, 0.4) is 0 Å². The first-order valence-electron chi connectivity index (χ1n) is 8.39. The van der Waals surface area contributed by atoms with E-state index in [2.05, 4.69) is 20.9 Å². The standard InChI is InChI=1S/C17H24N4O3/c22-15(7-8-16(23)21-14-5-1-2-6-14)19-10-11-20-17(24)13-4-3-9-18-12-13/h3-4,9,12,14H,1-2,5-8,10-11H2,(H,19,22)(H,20,24)(H,21,23). The minimum absolute atomic E-state index is 0.0677. The van der Waals surface area contributed by atoms with E-state index in [-0.39, 0.29) is 36.6 Å². The number of pyridine rings is 1. The van der Waals surface area contributed by atoms with Crippen molar-refractivity contribution in [2.75, 3.05) is 13.1 Å². The van der Waals surface area contributed by atoms with Gasteiger partial charge in [0, 0.05) is 44.4 Å². The van der Waals surface area contributed by atoms with E-state index in [1.807, 2.05) is 0 Å². The topological polar surface area (TPSA) is 100 Å². The Hall–Kier alpha value is -2.44. The van der Waals surface area contributed by atoms with E-state index in [1.165, 1.54) is 6.20 Å². The summed E-state index contributed by atoms with van der Waals surface area (Å²) in [7, 11) is 0. The van der Waals surface area contributed by atoms with Crippen LogP contribution in [-0.4, -0.2) is 41.8 Å². The first kappa shape index (κ1) is 17.9. The number of nitrogens with one attached hydrogen (secondary N) is 3. The van der Waals surface area contributed by atoms with Gasteiger partial charge >= 0.3 is 0 Å². The average molecular weight is 332 g/mol. The summed E-state index contributed by atoms with van der Waals surface area (Å²) in [5, 5.41) is 8.34. The molecule has 0 saturated heterocycles. The van der Waals surface area contributed by atoms with Crippen molar-refractivity contribution >= 4 is 17.7 Å². The summed E-state index contributed by atoms with van der Waals surface area (Å²) in [5.41, 5.74) is 0.479. The Morgan fingerprint density at radius 3 is 2.46 bits per heavy atom. The molecular formula is C17H24N4O3. The monoisotopic (exact) mass is 332 g/mol. The smallest absolute Gasteiger partial charge is 0.252 e. The molecule has 0 bridgehead atoms. The van der Waals surface area contributed by atoms with Gasteiger partial charge in [-0.1, -0.05) is 12.8 Å². The van der Waals surface area contributed by atoms with Crippen molar-refractivity contribution in [3.8, 4) is 0 Å². The van der Waals surface area contributed by atoms with Crippen molar-refractivity contribution < 1.29 is 14.4 Å². The number of hydrogen-bond acceptors (Lipinski definition) is 4. The first-order valence-corrected chi connectivity index (χ1v) is 8.39. The van der Waals surface area contributed by atoms with E-state index in [9.17, 15) is 14.4 Å². The SMILES string of the molecule is O=C(CCC(=O)NC1CCCC1)NCCNC(=O)c1cccnc1. The van der Waals surface area contributed by atoms with Gasteiger partial charge in [-0.05, 0) is 25.0 Å². The van der Waals surface area contributed by atoms with Gasteiger partial charge < -0.3 is 16.0 Å². The Kier molecular flexibility index (Phi) is 7.20. The molecule has 24 heavy (non-hydrogen) atoms. The summed E-state index contributed by atoms with van der Waals surface area (Å²) in [6, 6.07) is 3.64. The lowest BCUT2D eigenvalue weighted by molar-refractivity contribution is -0.126. The van der Waals surface area contributed by atoms with Gasteiger partial charge in [0.25, 0.3) is 5.91 Å². The molecule has 0 atom stereocenters. The molecule has 1 aromatic heterocycles. The Bertz CT molecular complexity index is 556. The van der Waals surface area contributed by atoms with Crippen LogP contribution >= 0.6 is 0 Å². The molecule has 1 fully saturated rings. The molecule has 3 N–H and O–H groups in total. The molecule has 7 nitrogen and oxygen atoms in total. The van der Waals surface area contributed by atoms with Crippen LogP contribution in [0.4, 0.5) is 0 Å². The minimum Gasteiger partial charge on any atom is -0.354 e. The minimum atomic E-state index is -0.228. The zero-order chi connectivity index (χ0) is 17.2. The van der Waals surface area contributed by atoms with Crippen LogP contribution in [-0.2, 0) is 9.59 Å². The Morgan fingerprint density at radius 1 is 1.04 bits per heavy atom. The predicted octanol–water partition coefficient (Wildman–Crippen LogP) is 0.767. The molecule has 7 heteroatoms. The van der Waals surface area contributed by atoms with E-state index in [4.69, 9.17) is 0 Å². The quantitative estimate of drug-likeness (QED) is 0.612. The summed E-state index contributed by atoms with van der Waals surface area (Å²) in [6.07, 6.45) is 7.84. The fourth-order valence-corrected chi connectivity index (χ4v) is 2.66. The number of carbonyl (C=O) groups is 3. The fraction of sp³-hybridized carbons (Fsp3) is 0.529. The van der Waals surface area contributed by atoms with Gasteiger partial charge in [0.2, 0.25) is 11.8 Å². The van der Waals surface area contributed by atoms with Gasteiger partial charge in [-0.2, -0.15) is 0 Å². The van der Waals surface area contributed by atoms with Crippen LogP contribution in [0.2, 0.25) is 0 Å². The molecule has 1 aliphatic rings. The summed E-state index contributed by atoms with van der Waals surface area (Å²) >= 11 is 0. The Morgan fingerprint density at radius 2 is 1.75 bits per heavy atom. The lowest BCUT2D eigenvalue weighted by Gasteiger charge is -2.11. The average Bonchev–Trinajstić information content (AvgIpc) is 3.10. The fourth-order valence-electron chi connectivity index (χ4n) is 2.66. The molecule has 1 heterocycles. The molecule has 3 amide bonds. The van der Waals surface area contributed by atoms with Gasteiger partial charge in [0.15, 0.2) is 0 Å². The molecule has 1 aliphatic carbocycles. The van der Waals surface area contributed by atoms with Gasteiger partial charge in [-0.15, -0.1) is 0 Å². The number of nitrogens with zero attached hydrogens (tertiary/aromatic N) is 1. The van der Waals surface area contributed by atoms with Gasteiger partial charge in [0.1, 0.15) is 0 Å². The lowest BCUT2D eigenvalue weighted by Crippen LogP contribution is -2.36. The normalized spacial score (nSPS) is 14.2. The number of aromatic nitrogens is 1. The van der Waals surface area contributed by atoms with E-state index >= 15 is 0 Å². The van der Waals surface area contributed by atoms with Crippen LogP contribution in [0, 0.1) is 0 Å². The van der Waals surface area contributed by atoms with E-state index in [0.717, 1.165) is 25.7 Å². The van der Waals surface area contributed by atoms with Crippen LogP contribution < -0.4 is 16.0 Å². The molecular weight excluding hydrogens is 308 g/mol. The van der Waals surface area contributed by atoms with Crippen molar-refractivity contribution in [2.45, 2.75) is 44.6 Å². The predicted molar refractivity (Wildman–Crippen MR) is 89.2 cm³/mol. The van der Waals surface area contributed by atoms with Crippen LogP contribution in [0.25, 0.3) is 0 Å². The molecule has 130 valence electrons. The summed E-state index contributed by atoms with van der Waals surface area (Å²) < 4.78 is 0. The second-order valence-electron chi connectivity index (χ2n) is 5.90. The maximum absolute atomic E-state index is 11.8. The maximum Gasteiger partial charge on any atom is 0.252 e. The van der Waals surface area contributed by atoms with Crippen LogP contribution in [0.15, 0.2) is 24.5 Å². The Balaban J connectivity index is 1.53. The van der Waals surface area contributed by atoms with Crippen molar-refractivity contribution in [3.63, 3.8) is 0 Å². The third-order valence-electron chi connectivity index (χ3n) is 3.96. The molecule has 0 aliphatic heterocycles.